The van der Waals surface area contributed by atoms with Gasteiger partial charge in [0.1, 0.15) is 11.3 Å². The van der Waals surface area contributed by atoms with Gasteiger partial charge in [0, 0.05) is 19.2 Å². The summed E-state index contributed by atoms with van der Waals surface area (Å²) in [5.41, 5.74) is 6.12. The number of nitrogens with two attached hydrogens (primary N) is 1. The van der Waals surface area contributed by atoms with E-state index in [-0.39, 0.29) is 28.8 Å². The second kappa shape index (κ2) is 7.55. The van der Waals surface area contributed by atoms with E-state index in [0.29, 0.717) is 24.7 Å². The summed E-state index contributed by atoms with van der Waals surface area (Å²) in [5.74, 6) is -0.122. The Labute approximate surface area is 140 Å². The van der Waals surface area contributed by atoms with Gasteiger partial charge in [-0.2, -0.15) is 0 Å². The first-order valence-electron chi connectivity index (χ1n) is 7.50. The van der Waals surface area contributed by atoms with E-state index in [9.17, 15) is 9.59 Å². The summed E-state index contributed by atoms with van der Waals surface area (Å²) in [4.78, 5) is 26.0. The molecule has 1 aromatic rings. The highest BCUT2D eigenvalue weighted by atomic mass is 35.5. The molecule has 0 aromatic heterocycles. The number of hydrogen-bond donors (Lipinski definition) is 1. The van der Waals surface area contributed by atoms with Crippen molar-refractivity contribution in [1.82, 2.24) is 4.90 Å². The van der Waals surface area contributed by atoms with Crippen LogP contribution in [0.2, 0.25) is 5.02 Å². The molecule has 0 bridgehead atoms. The third-order valence-electron chi connectivity index (χ3n) is 3.88. The topological polar surface area (TPSA) is 81.9 Å². The summed E-state index contributed by atoms with van der Waals surface area (Å²) in [7, 11) is 1.42. The maximum absolute atomic E-state index is 12.2. The maximum Gasteiger partial charge on any atom is 0.342 e. The van der Waals surface area contributed by atoms with Gasteiger partial charge in [0.05, 0.1) is 17.8 Å². The Kier molecular flexibility index (Phi) is 5.71. The molecule has 6 nitrogen and oxygen atoms in total. The Morgan fingerprint density at radius 2 is 2.17 bits per heavy atom. The van der Waals surface area contributed by atoms with E-state index in [1.54, 1.807) is 4.90 Å². The number of carbonyl (C=O) groups excluding carboxylic acids is 2. The Hall–Kier alpha value is -1.95. The fourth-order valence-electron chi connectivity index (χ4n) is 2.61. The molecule has 0 radical (unpaired) electrons. The number of nitrogen functional groups attached to an aromatic ring is 1. The Bertz CT molecular complexity index is 606. The average molecular weight is 341 g/mol. The quantitative estimate of drug-likeness (QED) is 0.672. The SMILES string of the molecule is COc1cc(N)c(Cl)cc1C(=O)OCC(=O)N1CCC[C@H](C)C1. The highest BCUT2D eigenvalue weighted by Crippen LogP contribution is 2.29. The molecule has 23 heavy (non-hydrogen) atoms. The molecule has 1 saturated heterocycles. The number of carbonyl (C=O) groups is 2. The molecule has 0 unspecified atom stereocenters. The van der Waals surface area contributed by atoms with Crippen molar-refractivity contribution in [3.8, 4) is 5.75 Å². The molecule has 2 rings (SSSR count). The zero-order valence-electron chi connectivity index (χ0n) is 13.3. The summed E-state index contributed by atoms with van der Waals surface area (Å²) in [6.07, 6.45) is 2.09. The monoisotopic (exact) mass is 340 g/mol. The highest BCUT2D eigenvalue weighted by molar-refractivity contribution is 6.33. The molecular weight excluding hydrogens is 320 g/mol. The summed E-state index contributed by atoms with van der Waals surface area (Å²) in [6.45, 7) is 3.22. The van der Waals surface area contributed by atoms with E-state index in [2.05, 4.69) is 6.92 Å². The van der Waals surface area contributed by atoms with Crippen molar-refractivity contribution in [3.63, 3.8) is 0 Å². The molecule has 0 saturated carbocycles. The van der Waals surface area contributed by atoms with Gasteiger partial charge in [0.25, 0.3) is 5.91 Å². The van der Waals surface area contributed by atoms with Gasteiger partial charge in [-0.15, -0.1) is 0 Å². The number of anilines is 1. The molecule has 1 heterocycles. The van der Waals surface area contributed by atoms with Gasteiger partial charge in [-0.25, -0.2) is 4.79 Å². The molecule has 0 spiro atoms. The summed E-state index contributed by atoms with van der Waals surface area (Å²) in [5, 5.41) is 0.230. The standard InChI is InChI=1S/C16H21ClN2O4/c1-10-4-3-5-19(8-10)15(20)9-23-16(21)11-6-12(17)13(18)7-14(11)22-2/h6-7,10H,3-5,8-9,18H2,1-2H3/t10-/m0/s1. The Balaban J connectivity index is 1.99. The lowest BCUT2D eigenvalue weighted by Crippen LogP contribution is -2.41. The first-order valence-corrected chi connectivity index (χ1v) is 7.88. The van der Waals surface area contributed by atoms with Gasteiger partial charge >= 0.3 is 5.97 Å². The zero-order chi connectivity index (χ0) is 17.0. The Morgan fingerprint density at radius 1 is 1.43 bits per heavy atom. The number of methoxy groups -OCH3 is 1. The molecule has 2 N–H and O–H groups in total. The van der Waals surface area contributed by atoms with Gasteiger partial charge in [0.2, 0.25) is 0 Å². The number of amides is 1. The molecule has 1 amide bonds. The normalized spacial score (nSPS) is 17.7. The number of rotatable bonds is 4. The van der Waals surface area contributed by atoms with Crippen molar-refractivity contribution >= 4 is 29.2 Å². The van der Waals surface area contributed by atoms with E-state index >= 15 is 0 Å². The molecular formula is C16H21ClN2O4. The van der Waals surface area contributed by atoms with Crippen LogP contribution in [0.3, 0.4) is 0 Å². The molecule has 1 aromatic carbocycles. The fourth-order valence-corrected chi connectivity index (χ4v) is 2.77. The van der Waals surface area contributed by atoms with E-state index < -0.39 is 5.97 Å². The fraction of sp³-hybridized carbons (Fsp3) is 0.500. The second-order valence-corrected chi connectivity index (χ2v) is 6.14. The van der Waals surface area contributed by atoms with Crippen LogP contribution in [-0.4, -0.2) is 43.6 Å². The number of halogens is 1. The van der Waals surface area contributed by atoms with E-state index in [1.807, 2.05) is 0 Å². The number of esters is 1. The minimum absolute atomic E-state index is 0.145. The van der Waals surface area contributed by atoms with E-state index in [1.165, 1.54) is 19.2 Å². The van der Waals surface area contributed by atoms with E-state index in [4.69, 9.17) is 26.8 Å². The minimum atomic E-state index is -0.665. The van der Waals surface area contributed by atoms with Gasteiger partial charge in [-0.3, -0.25) is 4.79 Å². The summed E-state index contributed by atoms with van der Waals surface area (Å²) < 4.78 is 10.2. The lowest BCUT2D eigenvalue weighted by atomic mass is 10.0. The van der Waals surface area contributed by atoms with Crippen molar-refractivity contribution in [2.45, 2.75) is 19.8 Å². The largest absolute Gasteiger partial charge is 0.496 e. The van der Waals surface area contributed by atoms with Crippen molar-refractivity contribution in [1.29, 1.82) is 0 Å². The number of benzene rings is 1. The summed E-state index contributed by atoms with van der Waals surface area (Å²) in [6, 6.07) is 2.83. The van der Waals surface area contributed by atoms with Gasteiger partial charge in [0.15, 0.2) is 6.61 Å². The molecule has 1 aliphatic heterocycles. The van der Waals surface area contributed by atoms with Gasteiger partial charge in [-0.1, -0.05) is 18.5 Å². The number of ether oxygens (including phenoxy) is 2. The molecule has 0 aliphatic carbocycles. The van der Waals surface area contributed by atoms with Crippen LogP contribution in [0.5, 0.6) is 5.75 Å². The number of hydrogen-bond acceptors (Lipinski definition) is 5. The van der Waals surface area contributed by atoms with Gasteiger partial charge in [-0.05, 0) is 24.8 Å². The highest BCUT2D eigenvalue weighted by Gasteiger charge is 2.23. The smallest absolute Gasteiger partial charge is 0.342 e. The molecule has 126 valence electrons. The van der Waals surface area contributed by atoms with Crippen molar-refractivity contribution in [2.75, 3.05) is 32.5 Å². The molecule has 1 atom stereocenters. The zero-order valence-corrected chi connectivity index (χ0v) is 14.1. The Morgan fingerprint density at radius 3 is 2.83 bits per heavy atom. The first kappa shape index (κ1) is 17.4. The summed E-state index contributed by atoms with van der Waals surface area (Å²) >= 11 is 5.92. The molecule has 1 aliphatic rings. The predicted molar refractivity (Wildman–Crippen MR) is 87.7 cm³/mol. The van der Waals surface area contributed by atoms with Crippen molar-refractivity contribution in [3.05, 3.63) is 22.7 Å². The molecule has 1 fully saturated rings. The number of piperidine rings is 1. The van der Waals surface area contributed by atoms with Crippen LogP contribution in [0.4, 0.5) is 5.69 Å². The first-order chi connectivity index (χ1) is 10.9. The van der Waals surface area contributed by atoms with Crippen LogP contribution in [0.25, 0.3) is 0 Å². The van der Waals surface area contributed by atoms with E-state index in [0.717, 1.165) is 12.8 Å². The van der Waals surface area contributed by atoms with Crippen LogP contribution in [0.15, 0.2) is 12.1 Å². The predicted octanol–water partition coefficient (Wildman–Crippen LogP) is 2.35. The van der Waals surface area contributed by atoms with Crippen LogP contribution >= 0.6 is 11.6 Å². The lowest BCUT2D eigenvalue weighted by molar-refractivity contribution is -0.136. The third kappa shape index (κ3) is 4.28. The number of nitrogens with zero attached hydrogens (tertiary/aromatic N) is 1. The minimum Gasteiger partial charge on any atom is -0.496 e. The number of likely N-dealkylation sites (tertiary alicyclic amines) is 1. The van der Waals surface area contributed by atoms with Crippen molar-refractivity contribution < 1.29 is 19.1 Å². The van der Waals surface area contributed by atoms with Crippen LogP contribution < -0.4 is 10.5 Å². The van der Waals surface area contributed by atoms with Crippen LogP contribution in [-0.2, 0) is 9.53 Å². The second-order valence-electron chi connectivity index (χ2n) is 5.74. The van der Waals surface area contributed by atoms with Crippen molar-refractivity contribution in [2.24, 2.45) is 5.92 Å². The van der Waals surface area contributed by atoms with Gasteiger partial charge < -0.3 is 20.1 Å². The van der Waals surface area contributed by atoms with Crippen LogP contribution in [0, 0.1) is 5.92 Å². The average Bonchev–Trinajstić information content (AvgIpc) is 2.54. The van der Waals surface area contributed by atoms with Crippen LogP contribution in [0.1, 0.15) is 30.1 Å². The lowest BCUT2D eigenvalue weighted by Gasteiger charge is -2.30. The molecule has 7 heteroatoms. The maximum atomic E-state index is 12.2. The third-order valence-corrected chi connectivity index (χ3v) is 4.20.